The van der Waals surface area contributed by atoms with Gasteiger partial charge < -0.3 is 9.80 Å². The zero-order chi connectivity index (χ0) is 18.7. The summed E-state index contributed by atoms with van der Waals surface area (Å²) in [7, 11) is 0. The van der Waals surface area contributed by atoms with Crippen molar-refractivity contribution in [3.05, 3.63) is 35.4 Å². The largest absolute Gasteiger partial charge is 0.416 e. The van der Waals surface area contributed by atoms with E-state index in [2.05, 4.69) is 4.90 Å². The van der Waals surface area contributed by atoms with Crippen molar-refractivity contribution in [2.24, 2.45) is 5.92 Å². The number of nitrogens with zero attached hydrogens (tertiary/aromatic N) is 2. The fraction of sp³-hybridized carbons (Fsp3) is 0.650. The normalized spacial score (nSPS) is 24.8. The number of amides is 1. The average molecular weight is 368 g/mol. The summed E-state index contributed by atoms with van der Waals surface area (Å²) in [6, 6.07) is 5.66. The van der Waals surface area contributed by atoms with Crippen LogP contribution in [0.4, 0.5) is 13.2 Å². The maximum atomic E-state index is 13.1. The van der Waals surface area contributed by atoms with Crippen LogP contribution in [0.1, 0.15) is 49.7 Å². The van der Waals surface area contributed by atoms with Crippen molar-refractivity contribution in [1.29, 1.82) is 0 Å². The van der Waals surface area contributed by atoms with Crippen LogP contribution in [0.15, 0.2) is 24.3 Å². The second kappa shape index (κ2) is 7.99. The quantitative estimate of drug-likeness (QED) is 0.797. The summed E-state index contributed by atoms with van der Waals surface area (Å²) in [5, 5.41) is 0. The van der Waals surface area contributed by atoms with E-state index in [1.807, 2.05) is 11.8 Å². The van der Waals surface area contributed by atoms with Gasteiger partial charge in [-0.1, -0.05) is 31.5 Å². The van der Waals surface area contributed by atoms with Crippen LogP contribution in [0.3, 0.4) is 0 Å². The maximum Gasteiger partial charge on any atom is 0.416 e. The van der Waals surface area contributed by atoms with E-state index < -0.39 is 11.7 Å². The molecule has 0 aromatic heterocycles. The van der Waals surface area contributed by atoms with Gasteiger partial charge in [-0.05, 0) is 43.5 Å². The average Bonchev–Trinajstić information content (AvgIpc) is 3.05. The molecule has 0 radical (unpaired) electrons. The molecule has 0 bridgehead atoms. The molecule has 6 heteroatoms. The van der Waals surface area contributed by atoms with Crippen molar-refractivity contribution in [1.82, 2.24) is 9.80 Å². The molecule has 0 unspecified atom stereocenters. The molecule has 0 saturated carbocycles. The van der Waals surface area contributed by atoms with Gasteiger partial charge in [-0.15, -0.1) is 0 Å². The van der Waals surface area contributed by atoms with E-state index in [9.17, 15) is 18.0 Å². The lowest BCUT2D eigenvalue weighted by Gasteiger charge is -2.31. The minimum Gasteiger partial charge on any atom is -0.342 e. The van der Waals surface area contributed by atoms with Gasteiger partial charge in [0.25, 0.3) is 0 Å². The Kier molecular flexibility index (Phi) is 5.90. The van der Waals surface area contributed by atoms with Crippen LogP contribution >= 0.6 is 0 Å². The molecule has 1 aromatic rings. The van der Waals surface area contributed by atoms with Crippen LogP contribution in [0.5, 0.6) is 0 Å². The highest BCUT2D eigenvalue weighted by atomic mass is 19.4. The molecule has 0 N–H and O–H groups in total. The summed E-state index contributed by atoms with van der Waals surface area (Å²) in [5.74, 6) is 0.241. The molecule has 1 aromatic carbocycles. The number of halogens is 3. The highest BCUT2D eigenvalue weighted by molar-refractivity contribution is 5.76. The van der Waals surface area contributed by atoms with E-state index in [4.69, 9.17) is 0 Å². The van der Waals surface area contributed by atoms with Gasteiger partial charge in [-0.2, -0.15) is 13.2 Å². The Morgan fingerprint density at radius 1 is 1.15 bits per heavy atom. The van der Waals surface area contributed by atoms with Crippen molar-refractivity contribution in [3.63, 3.8) is 0 Å². The van der Waals surface area contributed by atoms with Crippen molar-refractivity contribution in [2.75, 3.05) is 32.7 Å². The summed E-state index contributed by atoms with van der Waals surface area (Å²) in [6.07, 6.45) is -0.294. The number of piperidine rings is 1. The minimum absolute atomic E-state index is 0.0327. The Labute approximate surface area is 153 Å². The summed E-state index contributed by atoms with van der Waals surface area (Å²) < 4.78 is 39.3. The Bertz CT molecular complexity index is 626. The van der Waals surface area contributed by atoms with Gasteiger partial charge in [-0.3, -0.25) is 4.79 Å². The third kappa shape index (κ3) is 4.40. The van der Waals surface area contributed by atoms with Crippen molar-refractivity contribution >= 4 is 5.91 Å². The summed E-state index contributed by atoms with van der Waals surface area (Å²) in [4.78, 5) is 16.4. The van der Waals surface area contributed by atoms with E-state index in [1.54, 1.807) is 6.07 Å². The van der Waals surface area contributed by atoms with Crippen LogP contribution in [0.25, 0.3) is 0 Å². The van der Waals surface area contributed by atoms with Crippen LogP contribution in [-0.2, 0) is 11.0 Å². The second-order valence-electron chi connectivity index (χ2n) is 7.50. The van der Waals surface area contributed by atoms with Gasteiger partial charge in [-0.25, -0.2) is 0 Å². The molecule has 2 aliphatic heterocycles. The topological polar surface area (TPSA) is 23.6 Å². The molecule has 2 fully saturated rings. The monoisotopic (exact) mass is 368 g/mol. The third-order valence-corrected chi connectivity index (χ3v) is 5.68. The van der Waals surface area contributed by atoms with E-state index in [0.717, 1.165) is 25.7 Å². The number of carbonyl (C=O) groups is 1. The van der Waals surface area contributed by atoms with Gasteiger partial charge >= 0.3 is 6.18 Å². The van der Waals surface area contributed by atoms with Crippen LogP contribution < -0.4 is 0 Å². The molecule has 26 heavy (non-hydrogen) atoms. The molecule has 3 rings (SSSR count). The summed E-state index contributed by atoms with van der Waals surface area (Å²) in [6.45, 7) is 5.95. The van der Waals surface area contributed by atoms with Crippen molar-refractivity contribution < 1.29 is 18.0 Å². The highest BCUT2D eigenvalue weighted by Gasteiger charge is 2.38. The predicted octanol–water partition coefficient (Wildman–Crippen LogP) is 4.14. The van der Waals surface area contributed by atoms with Crippen LogP contribution in [0.2, 0.25) is 0 Å². The predicted molar refractivity (Wildman–Crippen MR) is 94.8 cm³/mol. The van der Waals surface area contributed by atoms with Gasteiger partial charge in [0.05, 0.1) is 5.56 Å². The Hall–Kier alpha value is -1.56. The fourth-order valence-electron chi connectivity index (χ4n) is 4.28. The molecule has 3 nitrogen and oxygen atoms in total. The first-order valence-corrected chi connectivity index (χ1v) is 9.55. The lowest BCUT2D eigenvalue weighted by molar-refractivity contribution is -0.137. The molecule has 2 heterocycles. The molecule has 0 spiro atoms. The summed E-state index contributed by atoms with van der Waals surface area (Å²) in [5.41, 5.74) is 0.0974. The molecule has 144 valence electrons. The van der Waals surface area contributed by atoms with Crippen LogP contribution in [-0.4, -0.2) is 48.4 Å². The SMILES string of the molecule is CCC(=O)N1C[C@H](CN2CCCCC2)[C@H](c2cccc(C(F)(F)F)c2)C1. The van der Waals surface area contributed by atoms with Gasteiger partial charge in [0.2, 0.25) is 5.91 Å². The van der Waals surface area contributed by atoms with Crippen molar-refractivity contribution in [2.45, 2.75) is 44.7 Å². The first-order chi connectivity index (χ1) is 12.4. The Morgan fingerprint density at radius 3 is 2.54 bits per heavy atom. The number of carbonyl (C=O) groups excluding carboxylic acids is 1. The number of alkyl halides is 3. The third-order valence-electron chi connectivity index (χ3n) is 5.68. The van der Waals surface area contributed by atoms with Crippen LogP contribution in [0, 0.1) is 5.92 Å². The van der Waals surface area contributed by atoms with E-state index in [-0.39, 0.29) is 17.7 Å². The zero-order valence-corrected chi connectivity index (χ0v) is 15.3. The first kappa shape index (κ1) is 19.2. The van der Waals surface area contributed by atoms with E-state index >= 15 is 0 Å². The highest BCUT2D eigenvalue weighted by Crippen LogP contribution is 2.37. The molecule has 2 aliphatic rings. The van der Waals surface area contributed by atoms with Gasteiger partial charge in [0.15, 0.2) is 0 Å². The first-order valence-electron chi connectivity index (χ1n) is 9.55. The number of benzene rings is 1. The minimum atomic E-state index is -4.34. The number of hydrogen-bond acceptors (Lipinski definition) is 2. The summed E-state index contributed by atoms with van der Waals surface area (Å²) >= 11 is 0. The number of rotatable bonds is 4. The lowest BCUT2D eigenvalue weighted by atomic mass is 9.87. The molecular formula is C20H27F3N2O. The zero-order valence-electron chi connectivity index (χ0n) is 15.3. The van der Waals surface area contributed by atoms with Crippen molar-refractivity contribution in [3.8, 4) is 0 Å². The standard InChI is InChI=1S/C20H27F3N2O/c1-2-19(26)25-13-16(12-24-9-4-3-5-10-24)18(14-25)15-7-6-8-17(11-15)20(21,22)23/h6-8,11,16,18H,2-5,9-10,12-14H2,1H3/t16-,18-/m0/s1. The fourth-order valence-corrected chi connectivity index (χ4v) is 4.28. The Balaban J connectivity index is 1.82. The number of likely N-dealkylation sites (tertiary alicyclic amines) is 2. The Morgan fingerprint density at radius 2 is 1.88 bits per heavy atom. The molecule has 2 atom stereocenters. The molecular weight excluding hydrogens is 341 g/mol. The number of hydrogen-bond donors (Lipinski definition) is 0. The molecule has 1 amide bonds. The maximum absolute atomic E-state index is 13.1. The molecule has 0 aliphatic carbocycles. The van der Waals surface area contributed by atoms with Gasteiger partial charge in [0, 0.05) is 32.0 Å². The smallest absolute Gasteiger partial charge is 0.342 e. The van der Waals surface area contributed by atoms with Gasteiger partial charge in [0.1, 0.15) is 0 Å². The molecule has 2 saturated heterocycles. The van der Waals surface area contributed by atoms with E-state index in [1.165, 1.54) is 31.4 Å². The second-order valence-corrected chi connectivity index (χ2v) is 7.50. The lowest BCUT2D eigenvalue weighted by Crippen LogP contribution is -2.36. The van der Waals surface area contributed by atoms with E-state index in [0.29, 0.717) is 25.1 Å².